The van der Waals surface area contributed by atoms with Crippen LogP contribution in [0.25, 0.3) is 0 Å². The average molecular weight is 240 g/mol. The minimum Gasteiger partial charge on any atom is -1.00 e. The summed E-state index contributed by atoms with van der Waals surface area (Å²) in [5.41, 5.74) is 0. The van der Waals surface area contributed by atoms with E-state index in [0.717, 1.165) is 22.1 Å². The third-order valence-corrected chi connectivity index (χ3v) is 1.54. The normalized spacial score (nSPS) is 10.9. The number of hydrogen-bond donors (Lipinski definition) is 2. The van der Waals surface area contributed by atoms with E-state index in [1.165, 1.54) is 0 Å². The van der Waals surface area contributed by atoms with Crippen molar-refractivity contribution in [2.45, 2.75) is 0 Å². The van der Waals surface area contributed by atoms with Gasteiger partial charge in [-0.1, -0.05) is 0 Å². The van der Waals surface area contributed by atoms with Gasteiger partial charge in [0.2, 0.25) is 0 Å². The maximum Gasteiger partial charge on any atom is 0.101 e. The lowest BCUT2D eigenvalue weighted by atomic mass is 10.5. The minimum absolute atomic E-state index is 0.281. The summed E-state index contributed by atoms with van der Waals surface area (Å²) in [6, 6.07) is 0. The SMILES string of the molecule is C[N+](C)(C)CCO.C[N+](C)(C)CCO.[O-][O-]. The zero-order chi connectivity index (χ0) is 13.8. The summed E-state index contributed by atoms with van der Waals surface area (Å²) in [4.78, 5) is 0. The molecule has 0 aliphatic rings. The van der Waals surface area contributed by atoms with E-state index < -0.39 is 0 Å². The Morgan fingerprint density at radius 2 is 0.875 bits per heavy atom. The Balaban J connectivity index is -0.000000183. The first-order chi connectivity index (χ1) is 7.12. The maximum absolute atomic E-state index is 8.39. The molecule has 0 unspecified atom stereocenters. The van der Waals surface area contributed by atoms with Gasteiger partial charge in [0.25, 0.3) is 0 Å². The molecule has 0 fully saturated rings. The van der Waals surface area contributed by atoms with Gasteiger partial charge in [0.15, 0.2) is 0 Å². The predicted octanol–water partition coefficient (Wildman–Crippen LogP) is -3.01. The molecule has 0 spiro atoms. The van der Waals surface area contributed by atoms with Crippen molar-refractivity contribution in [3.8, 4) is 0 Å². The molecule has 0 amide bonds. The molecule has 2 N–H and O–H groups in total. The van der Waals surface area contributed by atoms with Crippen molar-refractivity contribution < 1.29 is 29.7 Å². The third-order valence-electron chi connectivity index (χ3n) is 1.54. The monoisotopic (exact) mass is 240 g/mol. The van der Waals surface area contributed by atoms with Crippen LogP contribution in [0.4, 0.5) is 0 Å². The number of nitrogens with zero attached hydrogens (tertiary/aromatic N) is 2. The van der Waals surface area contributed by atoms with Crippen molar-refractivity contribution in [2.75, 3.05) is 68.6 Å². The Morgan fingerprint density at radius 3 is 0.875 bits per heavy atom. The van der Waals surface area contributed by atoms with Gasteiger partial charge in [0.05, 0.1) is 55.5 Å². The molecule has 0 rings (SSSR count). The van der Waals surface area contributed by atoms with Crippen LogP contribution in [-0.2, 0) is 0 Å². The summed E-state index contributed by atoms with van der Waals surface area (Å²) in [5.74, 6) is 0. The molecule has 0 aromatic carbocycles. The molecule has 0 atom stereocenters. The van der Waals surface area contributed by atoms with E-state index in [9.17, 15) is 0 Å². The van der Waals surface area contributed by atoms with E-state index in [1.54, 1.807) is 0 Å². The molecule has 6 nitrogen and oxygen atoms in total. The van der Waals surface area contributed by atoms with Gasteiger partial charge in [-0.25, -0.2) is 0 Å². The lowest BCUT2D eigenvalue weighted by Gasteiger charge is -2.21. The fourth-order valence-corrected chi connectivity index (χ4v) is 0.600. The smallest absolute Gasteiger partial charge is 0.101 e. The number of aliphatic hydroxyl groups excluding tert-OH is 2. The summed E-state index contributed by atoms with van der Waals surface area (Å²) < 4.78 is 1.69. The molecule has 0 bridgehead atoms. The second kappa shape index (κ2) is 11.3. The van der Waals surface area contributed by atoms with Crippen molar-refractivity contribution in [1.82, 2.24) is 0 Å². The lowest BCUT2D eigenvalue weighted by molar-refractivity contribution is -1.000. The lowest BCUT2D eigenvalue weighted by Crippen LogP contribution is -2.36. The Morgan fingerprint density at radius 1 is 0.688 bits per heavy atom. The molecule has 0 heterocycles. The highest BCUT2D eigenvalue weighted by Gasteiger charge is 2.02. The molecule has 16 heavy (non-hydrogen) atoms. The second-order valence-corrected chi connectivity index (χ2v) is 5.48. The summed E-state index contributed by atoms with van der Waals surface area (Å²) in [7, 11) is 12.3. The highest BCUT2D eigenvalue weighted by Crippen LogP contribution is 1.85. The zero-order valence-electron chi connectivity index (χ0n) is 11.4. The summed E-state index contributed by atoms with van der Waals surface area (Å²) in [6.45, 7) is 2.23. The Hall–Kier alpha value is -0.240. The number of rotatable bonds is 4. The van der Waals surface area contributed by atoms with Gasteiger partial charge in [-0.3, -0.25) is 0 Å². The van der Waals surface area contributed by atoms with Crippen LogP contribution in [0.5, 0.6) is 0 Å². The molecule has 0 saturated heterocycles. The molecule has 0 radical (unpaired) electrons. The van der Waals surface area contributed by atoms with Crippen LogP contribution in [0, 0.1) is 0 Å². The van der Waals surface area contributed by atoms with Crippen molar-refractivity contribution in [3.05, 3.63) is 0 Å². The van der Waals surface area contributed by atoms with Crippen molar-refractivity contribution in [2.24, 2.45) is 0 Å². The first-order valence-corrected chi connectivity index (χ1v) is 5.11. The first kappa shape index (κ1) is 21.1. The molecule has 6 heteroatoms. The highest BCUT2D eigenvalue weighted by molar-refractivity contribution is 4.19. The topological polar surface area (TPSA) is 86.6 Å². The quantitative estimate of drug-likeness (QED) is 0.311. The maximum atomic E-state index is 8.39. The third kappa shape index (κ3) is 37.2. The van der Waals surface area contributed by atoms with Gasteiger partial charge < -0.3 is 29.7 Å². The molecular weight excluding hydrogens is 212 g/mol. The van der Waals surface area contributed by atoms with Gasteiger partial charge in [-0.2, -0.15) is 0 Å². The fraction of sp³-hybridized carbons (Fsp3) is 1.00. The summed E-state index contributed by atoms with van der Waals surface area (Å²) >= 11 is 0. The molecule has 0 aliphatic heterocycles. The number of aliphatic hydroxyl groups is 2. The van der Waals surface area contributed by atoms with Gasteiger partial charge in [-0.15, -0.1) is 0 Å². The van der Waals surface area contributed by atoms with E-state index in [2.05, 4.69) is 42.3 Å². The standard InChI is InChI=1S/2C5H14NO.O2/c2*1-6(2,3)4-5-7;1-2/h2*7H,4-5H2,1-3H3;/q2*+1;-2. The second-order valence-electron chi connectivity index (χ2n) is 5.48. The van der Waals surface area contributed by atoms with Crippen LogP contribution in [-0.4, -0.2) is 87.8 Å². The first-order valence-electron chi connectivity index (χ1n) is 5.11. The summed E-state index contributed by atoms with van der Waals surface area (Å²) in [6.07, 6.45) is 0. The van der Waals surface area contributed by atoms with E-state index in [-0.39, 0.29) is 13.2 Å². The Labute approximate surface area is 99.1 Å². The number of hydrogen-bond acceptors (Lipinski definition) is 4. The van der Waals surface area contributed by atoms with Crippen LogP contribution in [0.1, 0.15) is 0 Å². The highest BCUT2D eigenvalue weighted by atomic mass is 17.0. The van der Waals surface area contributed by atoms with Crippen LogP contribution in [0.15, 0.2) is 0 Å². The molecular formula is C10H28N2O4. The van der Waals surface area contributed by atoms with Crippen molar-refractivity contribution in [1.29, 1.82) is 0 Å². The predicted molar refractivity (Wildman–Crippen MR) is 60.0 cm³/mol. The number of likely N-dealkylation sites (N-methyl/N-ethyl adjacent to an activating group) is 2. The van der Waals surface area contributed by atoms with Gasteiger partial charge in [-0.05, 0) is 0 Å². The van der Waals surface area contributed by atoms with Crippen LogP contribution in [0.2, 0.25) is 0 Å². The van der Waals surface area contributed by atoms with Crippen LogP contribution >= 0.6 is 0 Å². The molecule has 0 aromatic heterocycles. The van der Waals surface area contributed by atoms with E-state index in [0.29, 0.717) is 0 Å². The molecule has 102 valence electrons. The minimum atomic E-state index is 0.281. The molecule has 0 saturated carbocycles. The van der Waals surface area contributed by atoms with Gasteiger partial charge in [0, 0.05) is 0 Å². The van der Waals surface area contributed by atoms with Crippen LogP contribution < -0.4 is 10.5 Å². The van der Waals surface area contributed by atoms with E-state index >= 15 is 0 Å². The zero-order valence-corrected chi connectivity index (χ0v) is 11.4. The number of quaternary nitrogens is 2. The van der Waals surface area contributed by atoms with Crippen LogP contribution in [0.3, 0.4) is 0 Å². The van der Waals surface area contributed by atoms with E-state index in [4.69, 9.17) is 20.7 Å². The van der Waals surface area contributed by atoms with Gasteiger partial charge in [0.1, 0.15) is 13.1 Å². The Kier molecular flexibility index (Phi) is 14.8. The summed E-state index contributed by atoms with van der Waals surface area (Å²) in [5, 5.41) is 30.8. The largest absolute Gasteiger partial charge is 1.00 e. The Bertz CT molecular complexity index is 114. The fourth-order valence-electron chi connectivity index (χ4n) is 0.600. The van der Waals surface area contributed by atoms with Gasteiger partial charge >= 0.3 is 0 Å². The van der Waals surface area contributed by atoms with E-state index in [1.807, 2.05) is 0 Å². The molecule has 0 aromatic rings. The van der Waals surface area contributed by atoms with Crippen molar-refractivity contribution in [3.63, 3.8) is 0 Å². The molecule has 0 aliphatic carbocycles. The van der Waals surface area contributed by atoms with Crippen molar-refractivity contribution >= 4 is 0 Å². The average Bonchev–Trinajstić information content (AvgIpc) is 2.04.